The molecule has 3 aromatic rings. The average molecular weight is 272 g/mol. The van der Waals surface area contributed by atoms with Crippen LogP contribution in [0.4, 0.5) is 15.2 Å². The van der Waals surface area contributed by atoms with Crippen LogP contribution in [0.1, 0.15) is 11.1 Å². The lowest BCUT2D eigenvalue weighted by atomic mass is 10.2. The van der Waals surface area contributed by atoms with Crippen LogP contribution in [0, 0.1) is 19.7 Å². The van der Waals surface area contributed by atoms with Crippen molar-refractivity contribution in [2.24, 2.45) is 0 Å². The van der Waals surface area contributed by atoms with Gasteiger partial charge >= 0.3 is 0 Å². The van der Waals surface area contributed by atoms with Crippen LogP contribution in [0.3, 0.4) is 0 Å². The average Bonchev–Trinajstić information content (AvgIpc) is 2.68. The van der Waals surface area contributed by atoms with E-state index in [9.17, 15) is 4.39 Å². The van der Waals surface area contributed by atoms with Crippen LogP contribution in [-0.4, -0.2) is 4.98 Å². The zero-order valence-corrected chi connectivity index (χ0v) is 11.5. The van der Waals surface area contributed by atoms with E-state index in [1.807, 2.05) is 26.0 Å². The monoisotopic (exact) mass is 272 g/mol. The van der Waals surface area contributed by atoms with Crippen molar-refractivity contribution in [1.29, 1.82) is 0 Å². The van der Waals surface area contributed by atoms with Crippen molar-refractivity contribution in [3.8, 4) is 0 Å². The van der Waals surface area contributed by atoms with E-state index in [4.69, 9.17) is 0 Å². The van der Waals surface area contributed by atoms with Crippen LogP contribution in [0.2, 0.25) is 0 Å². The van der Waals surface area contributed by atoms with E-state index in [0.717, 1.165) is 26.6 Å². The minimum atomic E-state index is -0.237. The molecule has 1 N–H and O–H groups in total. The first-order valence-electron chi connectivity index (χ1n) is 6.01. The Hall–Kier alpha value is -1.94. The van der Waals surface area contributed by atoms with Gasteiger partial charge in [-0.25, -0.2) is 9.37 Å². The van der Waals surface area contributed by atoms with Crippen molar-refractivity contribution in [3.63, 3.8) is 0 Å². The van der Waals surface area contributed by atoms with Gasteiger partial charge in [-0.2, -0.15) is 0 Å². The van der Waals surface area contributed by atoms with Gasteiger partial charge in [-0.15, -0.1) is 0 Å². The van der Waals surface area contributed by atoms with Gasteiger partial charge in [0.05, 0.1) is 10.2 Å². The lowest BCUT2D eigenvalue weighted by molar-refractivity contribution is 0.627. The predicted octanol–water partition coefficient (Wildman–Crippen LogP) is 4.80. The molecule has 3 rings (SSSR count). The summed E-state index contributed by atoms with van der Waals surface area (Å²) in [7, 11) is 0. The number of rotatable bonds is 2. The highest BCUT2D eigenvalue weighted by Gasteiger charge is 2.05. The third-order valence-electron chi connectivity index (χ3n) is 2.84. The van der Waals surface area contributed by atoms with Gasteiger partial charge in [0.1, 0.15) is 5.82 Å². The first kappa shape index (κ1) is 12.1. The van der Waals surface area contributed by atoms with Gasteiger partial charge in [0.25, 0.3) is 0 Å². The van der Waals surface area contributed by atoms with Crippen molar-refractivity contribution in [1.82, 2.24) is 4.98 Å². The Labute approximate surface area is 114 Å². The van der Waals surface area contributed by atoms with Gasteiger partial charge in [0.15, 0.2) is 5.13 Å². The first-order chi connectivity index (χ1) is 9.10. The highest BCUT2D eigenvalue weighted by molar-refractivity contribution is 7.22. The fraction of sp³-hybridized carbons (Fsp3) is 0.133. The zero-order valence-electron chi connectivity index (χ0n) is 10.7. The molecule has 0 aliphatic rings. The second kappa shape index (κ2) is 4.63. The number of nitrogens with one attached hydrogen (secondary N) is 1. The van der Waals surface area contributed by atoms with Gasteiger partial charge in [-0.1, -0.05) is 17.4 Å². The lowest BCUT2D eigenvalue weighted by Crippen LogP contribution is -1.91. The molecule has 0 atom stereocenters. The molecular weight excluding hydrogens is 259 g/mol. The Bertz CT molecular complexity index is 729. The van der Waals surface area contributed by atoms with Gasteiger partial charge in [0.2, 0.25) is 0 Å². The molecule has 0 saturated carbocycles. The fourth-order valence-electron chi connectivity index (χ4n) is 2.02. The molecule has 0 radical (unpaired) electrons. The molecule has 0 fully saturated rings. The molecule has 0 aliphatic heterocycles. The molecule has 2 aromatic carbocycles. The molecule has 1 heterocycles. The van der Waals surface area contributed by atoms with Gasteiger partial charge in [-0.3, -0.25) is 0 Å². The standard InChI is InChI=1S/C15H13FN2S/c1-9-3-4-14-13(7-9)18-15(19-14)17-12-6-10(2)5-11(16)8-12/h3-8H,1-2H3,(H,17,18). The molecule has 0 unspecified atom stereocenters. The van der Waals surface area contributed by atoms with E-state index in [-0.39, 0.29) is 5.82 Å². The van der Waals surface area contributed by atoms with Crippen LogP contribution in [0.5, 0.6) is 0 Å². The lowest BCUT2D eigenvalue weighted by Gasteiger charge is -2.03. The van der Waals surface area contributed by atoms with E-state index >= 15 is 0 Å². The van der Waals surface area contributed by atoms with Crippen LogP contribution in [-0.2, 0) is 0 Å². The number of aromatic nitrogens is 1. The summed E-state index contributed by atoms with van der Waals surface area (Å²) in [6.45, 7) is 3.91. The highest BCUT2D eigenvalue weighted by atomic mass is 32.1. The number of nitrogens with zero attached hydrogens (tertiary/aromatic N) is 1. The summed E-state index contributed by atoms with van der Waals surface area (Å²) < 4.78 is 14.5. The molecule has 19 heavy (non-hydrogen) atoms. The van der Waals surface area contributed by atoms with Crippen molar-refractivity contribution < 1.29 is 4.39 Å². The quantitative estimate of drug-likeness (QED) is 0.725. The molecule has 0 saturated heterocycles. The minimum absolute atomic E-state index is 0.237. The fourth-order valence-corrected chi connectivity index (χ4v) is 2.89. The SMILES string of the molecule is Cc1cc(F)cc(Nc2nc3cc(C)ccc3s2)c1. The number of anilines is 2. The largest absolute Gasteiger partial charge is 0.331 e. The Kier molecular flexibility index (Phi) is 2.95. The number of hydrogen-bond acceptors (Lipinski definition) is 3. The molecule has 0 bridgehead atoms. The predicted molar refractivity (Wildman–Crippen MR) is 78.8 cm³/mol. The van der Waals surface area contributed by atoms with Crippen LogP contribution in [0.25, 0.3) is 10.2 Å². The smallest absolute Gasteiger partial charge is 0.188 e. The Balaban J connectivity index is 1.96. The number of aryl methyl sites for hydroxylation is 2. The Morgan fingerprint density at radius 2 is 1.89 bits per heavy atom. The summed E-state index contributed by atoms with van der Waals surface area (Å²) in [5.74, 6) is -0.237. The maximum Gasteiger partial charge on any atom is 0.188 e. The molecule has 4 heteroatoms. The van der Waals surface area contributed by atoms with Crippen molar-refractivity contribution in [3.05, 3.63) is 53.3 Å². The highest BCUT2D eigenvalue weighted by Crippen LogP contribution is 2.29. The van der Waals surface area contributed by atoms with Gasteiger partial charge in [-0.05, 0) is 55.3 Å². The summed E-state index contributed by atoms with van der Waals surface area (Å²) in [5, 5.41) is 3.94. The normalized spacial score (nSPS) is 10.9. The van der Waals surface area contributed by atoms with E-state index < -0.39 is 0 Å². The Morgan fingerprint density at radius 3 is 2.68 bits per heavy atom. The number of fused-ring (bicyclic) bond motifs is 1. The molecule has 96 valence electrons. The summed E-state index contributed by atoms with van der Waals surface area (Å²) in [4.78, 5) is 4.51. The molecule has 0 aliphatic carbocycles. The van der Waals surface area contributed by atoms with Crippen molar-refractivity contribution >= 4 is 32.4 Å². The third kappa shape index (κ3) is 2.58. The number of hydrogen-bond donors (Lipinski definition) is 1. The topological polar surface area (TPSA) is 24.9 Å². The summed E-state index contributed by atoms with van der Waals surface area (Å²) in [5.41, 5.74) is 3.78. The number of halogens is 1. The van der Waals surface area contributed by atoms with Crippen LogP contribution >= 0.6 is 11.3 Å². The maximum absolute atomic E-state index is 13.3. The summed E-state index contributed by atoms with van der Waals surface area (Å²) in [6, 6.07) is 11.1. The van der Waals surface area contributed by atoms with Gasteiger partial charge in [0, 0.05) is 5.69 Å². The van der Waals surface area contributed by atoms with Crippen LogP contribution < -0.4 is 5.32 Å². The van der Waals surface area contributed by atoms with Gasteiger partial charge < -0.3 is 5.32 Å². The summed E-state index contributed by atoms with van der Waals surface area (Å²) in [6.07, 6.45) is 0. The third-order valence-corrected chi connectivity index (χ3v) is 3.79. The zero-order chi connectivity index (χ0) is 13.4. The second-order valence-electron chi connectivity index (χ2n) is 4.63. The van der Waals surface area contributed by atoms with E-state index in [2.05, 4.69) is 22.4 Å². The van der Waals surface area contributed by atoms with E-state index in [1.165, 1.54) is 17.7 Å². The molecular formula is C15H13FN2S. The second-order valence-corrected chi connectivity index (χ2v) is 5.66. The first-order valence-corrected chi connectivity index (χ1v) is 6.83. The Morgan fingerprint density at radius 1 is 1.05 bits per heavy atom. The van der Waals surface area contributed by atoms with E-state index in [1.54, 1.807) is 11.3 Å². The molecule has 1 aromatic heterocycles. The van der Waals surface area contributed by atoms with Crippen molar-refractivity contribution in [2.45, 2.75) is 13.8 Å². The number of thiazole rings is 1. The molecule has 2 nitrogen and oxygen atoms in total. The molecule has 0 spiro atoms. The number of benzene rings is 2. The maximum atomic E-state index is 13.3. The minimum Gasteiger partial charge on any atom is -0.331 e. The van der Waals surface area contributed by atoms with Crippen molar-refractivity contribution in [2.75, 3.05) is 5.32 Å². The van der Waals surface area contributed by atoms with Crippen LogP contribution in [0.15, 0.2) is 36.4 Å². The molecule has 0 amide bonds. The summed E-state index contributed by atoms with van der Waals surface area (Å²) >= 11 is 1.57. The van der Waals surface area contributed by atoms with E-state index in [0.29, 0.717) is 0 Å².